The van der Waals surface area contributed by atoms with Crippen LogP contribution in [0, 0.1) is 5.92 Å². The number of hydrogen-bond donors (Lipinski definition) is 4. The quantitative estimate of drug-likeness (QED) is 0.294. The van der Waals surface area contributed by atoms with E-state index in [1.54, 1.807) is 0 Å². The van der Waals surface area contributed by atoms with Gasteiger partial charge in [0.05, 0.1) is 0 Å². The standard InChI is InChI=1S/C10H22N2.H4N2/c11-7-4-8-12-9-10-5-2-1-3-6-10;1-2/h10,12H,1-9,11H2;1-2H2. The molecule has 0 bridgehead atoms. The van der Waals surface area contributed by atoms with Crippen LogP contribution in [0.5, 0.6) is 0 Å². The van der Waals surface area contributed by atoms with Crippen LogP contribution in [0.4, 0.5) is 0 Å². The molecule has 0 aromatic heterocycles. The molecule has 7 N–H and O–H groups in total. The monoisotopic (exact) mass is 202 g/mol. The molecule has 0 amide bonds. The molecule has 1 fully saturated rings. The molecule has 1 aliphatic rings. The van der Waals surface area contributed by atoms with Crippen LogP contribution < -0.4 is 22.7 Å². The normalized spacial score (nSPS) is 17.4. The Bertz CT molecular complexity index is 102. The maximum Gasteiger partial charge on any atom is -0.00205 e. The van der Waals surface area contributed by atoms with Gasteiger partial charge in [-0.3, -0.25) is 11.7 Å². The van der Waals surface area contributed by atoms with E-state index in [1.807, 2.05) is 0 Å². The fourth-order valence-electron chi connectivity index (χ4n) is 1.92. The highest BCUT2D eigenvalue weighted by molar-refractivity contribution is 4.67. The summed E-state index contributed by atoms with van der Waals surface area (Å²) < 4.78 is 0. The number of hydrogen-bond acceptors (Lipinski definition) is 4. The van der Waals surface area contributed by atoms with E-state index in [0.717, 1.165) is 25.4 Å². The summed E-state index contributed by atoms with van der Waals surface area (Å²) in [5, 5.41) is 3.48. The van der Waals surface area contributed by atoms with Crippen molar-refractivity contribution in [3.05, 3.63) is 0 Å². The topological polar surface area (TPSA) is 90.1 Å². The molecule has 0 aromatic carbocycles. The number of nitrogens with one attached hydrogen (secondary N) is 1. The maximum absolute atomic E-state index is 5.41. The summed E-state index contributed by atoms with van der Waals surface area (Å²) in [6.45, 7) is 3.14. The predicted octanol–water partition coefficient (Wildman–Crippen LogP) is 0.324. The van der Waals surface area contributed by atoms with Gasteiger partial charge < -0.3 is 11.1 Å². The van der Waals surface area contributed by atoms with Gasteiger partial charge in [-0.2, -0.15) is 0 Å². The van der Waals surface area contributed by atoms with E-state index in [0.29, 0.717) is 0 Å². The van der Waals surface area contributed by atoms with Crippen molar-refractivity contribution in [1.29, 1.82) is 0 Å². The van der Waals surface area contributed by atoms with E-state index in [9.17, 15) is 0 Å². The van der Waals surface area contributed by atoms with Crippen LogP contribution in [0.3, 0.4) is 0 Å². The third kappa shape index (κ3) is 7.26. The molecule has 1 saturated carbocycles. The summed E-state index contributed by atoms with van der Waals surface area (Å²) in [5.74, 6) is 8.96. The van der Waals surface area contributed by atoms with Crippen LogP contribution in [0.25, 0.3) is 0 Å². The van der Waals surface area contributed by atoms with E-state index < -0.39 is 0 Å². The molecule has 0 aromatic rings. The number of nitrogens with two attached hydrogens (primary N) is 3. The van der Waals surface area contributed by atoms with Gasteiger partial charge in [-0.15, -0.1) is 0 Å². The molecule has 0 atom stereocenters. The lowest BCUT2D eigenvalue weighted by molar-refractivity contribution is 0.342. The summed E-state index contributed by atoms with van der Waals surface area (Å²) in [4.78, 5) is 0. The Morgan fingerprint density at radius 1 is 1.07 bits per heavy atom. The molecule has 0 radical (unpaired) electrons. The maximum atomic E-state index is 5.41. The average molecular weight is 202 g/mol. The van der Waals surface area contributed by atoms with Gasteiger partial charge in [0, 0.05) is 0 Å². The Morgan fingerprint density at radius 3 is 2.29 bits per heavy atom. The van der Waals surface area contributed by atoms with E-state index in [2.05, 4.69) is 17.0 Å². The average Bonchev–Trinajstić information content (AvgIpc) is 2.29. The van der Waals surface area contributed by atoms with Crippen molar-refractivity contribution in [2.24, 2.45) is 23.3 Å². The van der Waals surface area contributed by atoms with Crippen molar-refractivity contribution in [3.8, 4) is 0 Å². The van der Waals surface area contributed by atoms with Gasteiger partial charge in [0.15, 0.2) is 0 Å². The third-order valence-corrected chi connectivity index (χ3v) is 2.72. The molecule has 0 saturated heterocycles. The molecule has 4 nitrogen and oxygen atoms in total. The summed E-state index contributed by atoms with van der Waals surface area (Å²) in [6, 6.07) is 0. The smallest absolute Gasteiger partial charge is 0.00205 e. The fraction of sp³-hybridized carbons (Fsp3) is 1.00. The first-order valence-electron chi connectivity index (χ1n) is 5.67. The largest absolute Gasteiger partial charge is 0.330 e. The van der Waals surface area contributed by atoms with E-state index in [1.165, 1.54) is 38.6 Å². The van der Waals surface area contributed by atoms with Gasteiger partial charge in [0.25, 0.3) is 0 Å². The second kappa shape index (κ2) is 10.9. The molecule has 1 rings (SSSR count). The molecule has 0 unspecified atom stereocenters. The molecule has 4 heteroatoms. The first-order valence-corrected chi connectivity index (χ1v) is 5.67. The molecular weight excluding hydrogens is 176 g/mol. The Balaban J connectivity index is 0.000000791. The third-order valence-electron chi connectivity index (χ3n) is 2.72. The highest BCUT2D eigenvalue weighted by Gasteiger charge is 2.11. The van der Waals surface area contributed by atoms with Crippen molar-refractivity contribution >= 4 is 0 Å². The van der Waals surface area contributed by atoms with Crippen molar-refractivity contribution in [3.63, 3.8) is 0 Å². The zero-order chi connectivity index (χ0) is 10.6. The minimum atomic E-state index is 0.817. The zero-order valence-electron chi connectivity index (χ0n) is 9.17. The lowest BCUT2D eigenvalue weighted by Crippen LogP contribution is -2.26. The van der Waals surface area contributed by atoms with Gasteiger partial charge in [0.1, 0.15) is 0 Å². The summed E-state index contributed by atoms with van der Waals surface area (Å²) in [6.07, 6.45) is 8.35. The lowest BCUT2D eigenvalue weighted by Gasteiger charge is -2.21. The Labute approximate surface area is 87.6 Å². The zero-order valence-corrected chi connectivity index (χ0v) is 9.17. The second-order valence-corrected chi connectivity index (χ2v) is 3.85. The van der Waals surface area contributed by atoms with Crippen LogP contribution in [-0.2, 0) is 0 Å². The minimum absolute atomic E-state index is 0.817. The van der Waals surface area contributed by atoms with Crippen LogP contribution in [-0.4, -0.2) is 19.6 Å². The summed E-state index contributed by atoms with van der Waals surface area (Å²) in [5.41, 5.74) is 5.41. The SMILES string of the molecule is NCCCNCC1CCCCC1.NN. The highest BCUT2D eigenvalue weighted by Crippen LogP contribution is 2.22. The van der Waals surface area contributed by atoms with Crippen LogP contribution in [0.1, 0.15) is 38.5 Å². The first-order chi connectivity index (χ1) is 6.93. The Kier molecular flexibility index (Phi) is 10.8. The van der Waals surface area contributed by atoms with Crippen molar-refractivity contribution in [2.45, 2.75) is 38.5 Å². The van der Waals surface area contributed by atoms with Crippen LogP contribution in [0.15, 0.2) is 0 Å². The molecule has 0 spiro atoms. The van der Waals surface area contributed by atoms with Gasteiger partial charge in [0.2, 0.25) is 0 Å². The first kappa shape index (κ1) is 13.8. The Hall–Kier alpha value is -0.160. The summed E-state index contributed by atoms with van der Waals surface area (Å²) >= 11 is 0. The van der Waals surface area contributed by atoms with Crippen LogP contribution in [0.2, 0.25) is 0 Å². The van der Waals surface area contributed by atoms with Crippen LogP contribution >= 0.6 is 0 Å². The van der Waals surface area contributed by atoms with Crippen molar-refractivity contribution in [2.75, 3.05) is 19.6 Å². The number of rotatable bonds is 5. The molecule has 1 aliphatic carbocycles. The van der Waals surface area contributed by atoms with Gasteiger partial charge >= 0.3 is 0 Å². The number of hydrazine groups is 1. The highest BCUT2D eigenvalue weighted by atomic mass is 15.0. The van der Waals surface area contributed by atoms with E-state index in [-0.39, 0.29) is 0 Å². The van der Waals surface area contributed by atoms with E-state index in [4.69, 9.17) is 5.73 Å². The molecule has 0 aliphatic heterocycles. The second-order valence-electron chi connectivity index (χ2n) is 3.85. The Morgan fingerprint density at radius 2 is 1.71 bits per heavy atom. The summed E-state index contributed by atoms with van der Waals surface area (Å²) in [7, 11) is 0. The molecule has 86 valence electrons. The van der Waals surface area contributed by atoms with E-state index >= 15 is 0 Å². The molecular formula is C10H26N4. The minimum Gasteiger partial charge on any atom is -0.330 e. The fourth-order valence-corrected chi connectivity index (χ4v) is 1.92. The van der Waals surface area contributed by atoms with Gasteiger partial charge in [-0.05, 0) is 44.8 Å². The van der Waals surface area contributed by atoms with Crippen molar-refractivity contribution in [1.82, 2.24) is 5.32 Å². The van der Waals surface area contributed by atoms with Crippen molar-refractivity contribution < 1.29 is 0 Å². The lowest BCUT2D eigenvalue weighted by atomic mass is 9.89. The molecule has 14 heavy (non-hydrogen) atoms. The van der Waals surface area contributed by atoms with Gasteiger partial charge in [-0.1, -0.05) is 19.3 Å². The predicted molar refractivity (Wildman–Crippen MR) is 61.5 cm³/mol. The molecule has 0 heterocycles. The van der Waals surface area contributed by atoms with Gasteiger partial charge in [-0.25, -0.2) is 0 Å².